The van der Waals surface area contributed by atoms with Gasteiger partial charge >= 0.3 is 0 Å². The third-order valence-corrected chi connectivity index (χ3v) is 3.07. The molecular formula is C16H15N3O3. The number of carbonyl (C=O) groups is 1. The molecule has 1 N–H and O–H groups in total. The average molecular weight is 297 g/mol. The Kier molecular flexibility index (Phi) is 4.98. The summed E-state index contributed by atoms with van der Waals surface area (Å²) in [5.74, 6) is -0.406. The molecule has 0 heterocycles. The maximum Gasteiger partial charge on any atom is 0.271 e. The lowest BCUT2D eigenvalue weighted by Gasteiger charge is -2.05. The van der Waals surface area contributed by atoms with Gasteiger partial charge in [0.25, 0.3) is 11.6 Å². The lowest BCUT2D eigenvalue weighted by Crippen LogP contribution is -2.19. The zero-order valence-electron chi connectivity index (χ0n) is 12.0. The van der Waals surface area contributed by atoms with E-state index < -0.39 is 10.8 Å². The van der Waals surface area contributed by atoms with Crippen molar-refractivity contribution in [2.24, 2.45) is 5.10 Å². The summed E-state index contributed by atoms with van der Waals surface area (Å²) < 4.78 is 0. The van der Waals surface area contributed by atoms with Crippen molar-refractivity contribution in [1.82, 2.24) is 5.43 Å². The van der Waals surface area contributed by atoms with E-state index in [9.17, 15) is 14.9 Å². The first kappa shape index (κ1) is 15.4. The lowest BCUT2D eigenvalue weighted by molar-refractivity contribution is -0.384. The number of amides is 1. The van der Waals surface area contributed by atoms with Crippen LogP contribution in [0.15, 0.2) is 59.7 Å². The maximum atomic E-state index is 12.0. The first-order valence-corrected chi connectivity index (χ1v) is 6.78. The van der Waals surface area contributed by atoms with Crippen LogP contribution in [0.25, 0.3) is 0 Å². The molecule has 0 radical (unpaired) electrons. The lowest BCUT2D eigenvalue weighted by atomic mass is 10.1. The Balaban J connectivity index is 2.10. The van der Waals surface area contributed by atoms with Gasteiger partial charge in [-0.15, -0.1) is 0 Å². The highest BCUT2D eigenvalue weighted by molar-refractivity contribution is 6.02. The molecule has 0 spiro atoms. The van der Waals surface area contributed by atoms with Gasteiger partial charge in [-0.3, -0.25) is 14.9 Å². The second-order valence-electron chi connectivity index (χ2n) is 4.52. The fourth-order valence-corrected chi connectivity index (χ4v) is 1.90. The van der Waals surface area contributed by atoms with Crippen LogP contribution >= 0.6 is 0 Å². The highest BCUT2D eigenvalue weighted by atomic mass is 16.6. The van der Waals surface area contributed by atoms with Crippen molar-refractivity contribution in [3.05, 3.63) is 75.8 Å². The number of benzene rings is 2. The van der Waals surface area contributed by atoms with E-state index in [-0.39, 0.29) is 5.69 Å². The molecule has 0 bridgehead atoms. The van der Waals surface area contributed by atoms with Gasteiger partial charge in [-0.1, -0.05) is 37.3 Å². The van der Waals surface area contributed by atoms with Crippen molar-refractivity contribution >= 4 is 17.3 Å². The molecule has 0 atom stereocenters. The van der Waals surface area contributed by atoms with Crippen molar-refractivity contribution in [1.29, 1.82) is 0 Å². The average Bonchev–Trinajstić information content (AvgIpc) is 2.56. The minimum absolute atomic E-state index is 0.0569. The summed E-state index contributed by atoms with van der Waals surface area (Å²) >= 11 is 0. The molecule has 2 aromatic rings. The fourth-order valence-electron chi connectivity index (χ4n) is 1.90. The summed E-state index contributed by atoms with van der Waals surface area (Å²) in [4.78, 5) is 22.1. The van der Waals surface area contributed by atoms with Crippen LogP contribution in [0.1, 0.15) is 29.3 Å². The first-order chi connectivity index (χ1) is 10.6. The van der Waals surface area contributed by atoms with E-state index >= 15 is 0 Å². The Hall–Kier alpha value is -3.02. The Morgan fingerprint density at radius 3 is 2.27 bits per heavy atom. The van der Waals surface area contributed by atoms with Crippen molar-refractivity contribution in [2.45, 2.75) is 13.3 Å². The topological polar surface area (TPSA) is 84.6 Å². The van der Waals surface area contributed by atoms with Crippen molar-refractivity contribution in [3.63, 3.8) is 0 Å². The summed E-state index contributed by atoms with van der Waals surface area (Å²) in [5.41, 5.74) is 4.44. The molecule has 2 aromatic carbocycles. The summed E-state index contributed by atoms with van der Waals surface area (Å²) in [7, 11) is 0. The van der Waals surface area contributed by atoms with E-state index in [1.807, 2.05) is 37.3 Å². The van der Waals surface area contributed by atoms with E-state index in [4.69, 9.17) is 0 Å². The van der Waals surface area contributed by atoms with Gasteiger partial charge in [-0.25, -0.2) is 5.43 Å². The van der Waals surface area contributed by atoms with Crippen LogP contribution in [0.5, 0.6) is 0 Å². The van der Waals surface area contributed by atoms with Gasteiger partial charge in [-0.05, 0) is 24.1 Å². The molecule has 0 saturated carbocycles. The highest BCUT2D eigenvalue weighted by Gasteiger charge is 2.09. The minimum atomic E-state index is -0.509. The summed E-state index contributed by atoms with van der Waals surface area (Å²) in [6.45, 7) is 1.95. The number of nitrogens with zero attached hydrogens (tertiary/aromatic N) is 2. The molecule has 1 amide bonds. The first-order valence-electron chi connectivity index (χ1n) is 6.78. The Morgan fingerprint density at radius 1 is 1.09 bits per heavy atom. The van der Waals surface area contributed by atoms with E-state index in [2.05, 4.69) is 10.5 Å². The number of hydrogen-bond acceptors (Lipinski definition) is 4. The Labute approximate surface area is 127 Å². The van der Waals surface area contributed by atoms with Gasteiger partial charge in [0.05, 0.1) is 10.6 Å². The van der Waals surface area contributed by atoms with Crippen LogP contribution in [0.3, 0.4) is 0 Å². The van der Waals surface area contributed by atoms with Crippen molar-refractivity contribution < 1.29 is 9.72 Å². The molecule has 0 aliphatic rings. The standard InChI is InChI=1S/C16H15N3O3/c1-2-15(12-6-4-3-5-7-12)17-18-16(20)13-8-10-14(11-9-13)19(21)22/h3-11H,2H2,1H3,(H,18,20). The second-order valence-corrected chi connectivity index (χ2v) is 4.52. The van der Waals surface area contributed by atoms with Crippen molar-refractivity contribution in [2.75, 3.05) is 0 Å². The summed E-state index contributed by atoms with van der Waals surface area (Å²) in [6, 6.07) is 14.9. The number of carbonyl (C=O) groups excluding carboxylic acids is 1. The van der Waals surface area contributed by atoms with Gasteiger partial charge < -0.3 is 0 Å². The number of non-ortho nitro benzene ring substituents is 1. The molecule has 6 nitrogen and oxygen atoms in total. The van der Waals surface area contributed by atoms with Crippen LogP contribution in [0, 0.1) is 10.1 Å². The number of rotatable bonds is 5. The maximum absolute atomic E-state index is 12.0. The number of hydrazone groups is 1. The van der Waals surface area contributed by atoms with Gasteiger partial charge in [0.15, 0.2) is 0 Å². The Morgan fingerprint density at radius 2 is 1.73 bits per heavy atom. The Bertz CT molecular complexity index is 694. The van der Waals surface area contributed by atoms with Crippen LogP contribution in [-0.4, -0.2) is 16.5 Å². The van der Waals surface area contributed by atoms with Crippen LogP contribution < -0.4 is 5.43 Å². The zero-order valence-corrected chi connectivity index (χ0v) is 12.0. The highest BCUT2D eigenvalue weighted by Crippen LogP contribution is 2.12. The second kappa shape index (κ2) is 7.12. The molecule has 0 aliphatic heterocycles. The number of nitro benzene ring substituents is 1. The molecule has 0 unspecified atom stereocenters. The number of hydrogen-bond donors (Lipinski definition) is 1. The van der Waals surface area contributed by atoms with Crippen LogP contribution in [-0.2, 0) is 0 Å². The minimum Gasteiger partial charge on any atom is -0.267 e. The van der Waals surface area contributed by atoms with Gasteiger partial charge in [-0.2, -0.15) is 5.10 Å². The fraction of sp³-hybridized carbons (Fsp3) is 0.125. The molecular weight excluding hydrogens is 282 g/mol. The SMILES string of the molecule is CCC(=NNC(=O)c1ccc([N+](=O)[O-])cc1)c1ccccc1. The molecule has 0 aliphatic carbocycles. The third kappa shape index (κ3) is 3.76. The summed E-state index contributed by atoms with van der Waals surface area (Å²) in [6.07, 6.45) is 0.671. The van der Waals surface area contributed by atoms with Gasteiger partial charge in [0.1, 0.15) is 0 Å². The third-order valence-electron chi connectivity index (χ3n) is 3.07. The number of nitro groups is 1. The molecule has 0 aromatic heterocycles. The van der Waals surface area contributed by atoms with E-state index in [1.54, 1.807) is 0 Å². The quantitative estimate of drug-likeness (QED) is 0.522. The molecule has 112 valence electrons. The molecule has 6 heteroatoms. The smallest absolute Gasteiger partial charge is 0.267 e. The predicted octanol–water partition coefficient (Wildman–Crippen LogP) is 3.14. The van der Waals surface area contributed by atoms with Crippen LogP contribution in [0.4, 0.5) is 5.69 Å². The van der Waals surface area contributed by atoms with E-state index in [1.165, 1.54) is 24.3 Å². The summed E-state index contributed by atoms with van der Waals surface area (Å²) in [5, 5.41) is 14.7. The zero-order chi connectivity index (χ0) is 15.9. The van der Waals surface area contributed by atoms with E-state index in [0.717, 1.165) is 11.3 Å². The van der Waals surface area contributed by atoms with E-state index in [0.29, 0.717) is 12.0 Å². The molecule has 22 heavy (non-hydrogen) atoms. The molecule has 2 rings (SSSR count). The molecule has 0 saturated heterocycles. The monoisotopic (exact) mass is 297 g/mol. The number of nitrogens with one attached hydrogen (secondary N) is 1. The normalized spacial score (nSPS) is 11.0. The molecule has 0 fully saturated rings. The van der Waals surface area contributed by atoms with Crippen LogP contribution in [0.2, 0.25) is 0 Å². The van der Waals surface area contributed by atoms with Gasteiger partial charge in [0, 0.05) is 17.7 Å². The predicted molar refractivity (Wildman–Crippen MR) is 83.8 cm³/mol. The van der Waals surface area contributed by atoms with Gasteiger partial charge in [0.2, 0.25) is 0 Å². The largest absolute Gasteiger partial charge is 0.271 e. The van der Waals surface area contributed by atoms with Crippen molar-refractivity contribution in [3.8, 4) is 0 Å².